The predicted molar refractivity (Wildman–Crippen MR) is 80.8 cm³/mol. The van der Waals surface area contributed by atoms with Crippen LogP contribution in [0.25, 0.3) is 6.08 Å². The summed E-state index contributed by atoms with van der Waals surface area (Å²) in [5, 5.41) is 8.51. The maximum absolute atomic E-state index is 14.1. The van der Waals surface area contributed by atoms with Crippen LogP contribution in [0.1, 0.15) is 11.1 Å². The van der Waals surface area contributed by atoms with Crippen LogP contribution in [0, 0.1) is 0 Å². The standard InChI is InChI=1S/C17H11F5O4/c18-16(19,12-4-8-14(9-5-12)26-17(20,21)22)25-13-6-1-11(2-7-13)3-10-15(23)24/h1-10H,(H,23,24)/b10-3+. The molecule has 2 aromatic carbocycles. The number of carbonyl (C=O) groups is 1. The summed E-state index contributed by atoms with van der Waals surface area (Å²) in [4.78, 5) is 10.4. The van der Waals surface area contributed by atoms with Crippen LogP contribution in [-0.2, 0) is 10.9 Å². The third-order valence-electron chi connectivity index (χ3n) is 2.97. The molecule has 138 valence electrons. The molecule has 0 saturated carbocycles. The summed E-state index contributed by atoms with van der Waals surface area (Å²) in [5.74, 6) is -2.00. The highest BCUT2D eigenvalue weighted by atomic mass is 19.4. The molecule has 0 aliphatic rings. The minimum absolute atomic E-state index is 0.210. The second-order valence-corrected chi connectivity index (χ2v) is 4.93. The van der Waals surface area contributed by atoms with Crippen LogP contribution in [0.3, 0.4) is 0 Å². The molecule has 0 saturated heterocycles. The van der Waals surface area contributed by atoms with Gasteiger partial charge in [0, 0.05) is 6.08 Å². The largest absolute Gasteiger partial charge is 0.573 e. The maximum Gasteiger partial charge on any atom is 0.573 e. The molecule has 1 N–H and O–H groups in total. The number of aliphatic carboxylic acids is 1. The van der Waals surface area contributed by atoms with E-state index < -0.39 is 29.8 Å². The van der Waals surface area contributed by atoms with Gasteiger partial charge in [0.15, 0.2) is 0 Å². The summed E-state index contributed by atoms with van der Waals surface area (Å²) in [6, 6.07) is 8.15. The summed E-state index contributed by atoms with van der Waals surface area (Å²) in [6.45, 7) is 0. The van der Waals surface area contributed by atoms with Crippen LogP contribution in [-0.4, -0.2) is 17.4 Å². The summed E-state index contributed by atoms with van der Waals surface area (Å²) in [6.07, 6.45) is -6.56. The molecular weight excluding hydrogens is 363 g/mol. The Labute approximate surface area is 144 Å². The molecular formula is C17H11F5O4. The molecule has 2 rings (SSSR count). The van der Waals surface area contributed by atoms with E-state index in [0.29, 0.717) is 5.56 Å². The van der Waals surface area contributed by atoms with E-state index in [1.165, 1.54) is 30.3 Å². The van der Waals surface area contributed by atoms with Crippen molar-refractivity contribution in [2.75, 3.05) is 0 Å². The summed E-state index contributed by atoms with van der Waals surface area (Å²) in [7, 11) is 0. The number of hydrogen-bond acceptors (Lipinski definition) is 3. The van der Waals surface area contributed by atoms with Gasteiger partial charge in [-0.25, -0.2) is 4.79 Å². The SMILES string of the molecule is O=C(O)/C=C/c1ccc(OC(F)(F)c2ccc(OC(F)(F)F)cc2)cc1. The Balaban J connectivity index is 2.09. The van der Waals surface area contributed by atoms with Gasteiger partial charge < -0.3 is 14.6 Å². The quantitative estimate of drug-likeness (QED) is 0.582. The van der Waals surface area contributed by atoms with Crippen LogP contribution >= 0.6 is 0 Å². The van der Waals surface area contributed by atoms with Gasteiger partial charge in [0.25, 0.3) is 0 Å². The monoisotopic (exact) mass is 374 g/mol. The van der Waals surface area contributed by atoms with Crippen molar-refractivity contribution in [2.45, 2.75) is 12.5 Å². The molecule has 0 amide bonds. The number of hydrogen-bond donors (Lipinski definition) is 1. The van der Waals surface area contributed by atoms with Crippen molar-refractivity contribution in [1.29, 1.82) is 0 Å². The van der Waals surface area contributed by atoms with Crippen molar-refractivity contribution < 1.29 is 41.3 Å². The molecule has 0 aliphatic heterocycles. The van der Waals surface area contributed by atoms with Crippen LogP contribution < -0.4 is 9.47 Å². The zero-order valence-electron chi connectivity index (χ0n) is 12.8. The Morgan fingerprint density at radius 2 is 1.35 bits per heavy atom. The average molecular weight is 374 g/mol. The fraction of sp³-hybridized carbons (Fsp3) is 0.118. The molecule has 0 spiro atoms. The molecule has 2 aromatic rings. The first-order valence-corrected chi connectivity index (χ1v) is 6.99. The van der Waals surface area contributed by atoms with Crippen molar-refractivity contribution in [1.82, 2.24) is 0 Å². The summed E-state index contributed by atoms with van der Waals surface area (Å²) >= 11 is 0. The lowest BCUT2D eigenvalue weighted by Crippen LogP contribution is -2.22. The van der Waals surface area contributed by atoms with Gasteiger partial charge in [-0.2, -0.15) is 8.78 Å². The highest BCUT2D eigenvalue weighted by molar-refractivity contribution is 5.85. The van der Waals surface area contributed by atoms with E-state index >= 15 is 0 Å². The fourth-order valence-corrected chi connectivity index (χ4v) is 1.87. The molecule has 0 unspecified atom stereocenters. The Kier molecular flexibility index (Phi) is 5.49. The molecule has 4 nitrogen and oxygen atoms in total. The maximum atomic E-state index is 14.1. The zero-order valence-corrected chi connectivity index (χ0v) is 12.8. The number of ether oxygens (including phenoxy) is 2. The van der Waals surface area contributed by atoms with Gasteiger partial charge in [0.05, 0.1) is 5.56 Å². The van der Waals surface area contributed by atoms with Gasteiger partial charge in [-0.1, -0.05) is 12.1 Å². The molecule has 0 radical (unpaired) electrons. The van der Waals surface area contributed by atoms with E-state index in [4.69, 9.17) is 5.11 Å². The number of rotatable bonds is 6. The number of alkyl halides is 5. The Morgan fingerprint density at radius 3 is 1.85 bits per heavy atom. The average Bonchev–Trinajstić information content (AvgIpc) is 2.53. The third kappa shape index (κ3) is 5.76. The van der Waals surface area contributed by atoms with E-state index in [1.807, 2.05) is 0 Å². The first-order valence-electron chi connectivity index (χ1n) is 6.99. The van der Waals surface area contributed by atoms with E-state index in [9.17, 15) is 26.7 Å². The van der Waals surface area contributed by atoms with Crippen LogP contribution in [0.4, 0.5) is 22.0 Å². The summed E-state index contributed by atoms with van der Waals surface area (Å²) in [5.41, 5.74) is -0.210. The van der Waals surface area contributed by atoms with Gasteiger partial charge in [0.1, 0.15) is 11.5 Å². The van der Waals surface area contributed by atoms with Gasteiger partial charge in [0.2, 0.25) is 0 Å². The van der Waals surface area contributed by atoms with Crippen molar-refractivity contribution >= 4 is 12.0 Å². The molecule has 0 heterocycles. The highest BCUT2D eigenvalue weighted by Gasteiger charge is 2.35. The minimum atomic E-state index is -4.92. The molecule has 9 heteroatoms. The Bertz CT molecular complexity index is 780. The molecule has 0 fully saturated rings. The van der Waals surface area contributed by atoms with Gasteiger partial charge >= 0.3 is 18.4 Å². The molecule has 0 aromatic heterocycles. The molecule has 0 bridgehead atoms. The van der Waals surface area contributed by atoms with Crippen molar-refractivity contribution in [3.05, 3.63) is 65.7 Å². The van der Waals surface area contributed by atoms with E-state index in [-0.39, 0.29) is 5.75 Å². The third-order valence-corrected chi connectivity index (χ3v) is 2.97. The predicted octanol–water partition coefficient (Wildman–Crippen LogP) is 4.81. The van der Waals surface area contributed by atoms with Crippen molar-refractivity contribution in [3.8, 4) is 11.5 Å². The number of halogens is 5. The smallest absolute Gasteiger partial charge is 0.478 e. The van der Waals surface area contributed by atoms with Crippen LogP contribution in [0.5, 0.6) is 11.5 Å². The molecule has 26 heavy (non-hydrogen) atoms. The normalized spacial score (nSPS) is 12.2. The van der Waals surface area contributed by atoms with Gasteiger partial charge in [-0.15, -0.1) is 13.2 Å². The fourth-order valence-electron chi connectivity index (χ4n) is 1.87. The number of carboxylic acid groups (broad SMARTS) is 1. The Hall–Kier alpha value is -3.10. The Morgan fingerprint density at radius 1 is 0.846 bits per heavy atom. The molecule has 0 aliphatic carbocycles. The van der Waals surface area contributed by atoms with E-state index in [2.05, 4.69) is 9.47 Å². The summed E-state index contributed by atoms with van der Waals surface area (Å²) < 4.78 is 72.5. The van der Waals surface area contributed by atoms with E-state index in [0.717, 1.165) is 30.3 Å². The van der Waals surface area contributed by atoms with Gasteiger partial charge in [-0.05, 0) is 48.0 Å². The highest BCUT2D eigenvalue weighted by Crippen LogP contribution is 2.33. The lowest BCUT2D eigenvalue weighted by Gasteiger charge is -2.19. The topological polar surface area (TPSA) is 55.8 Å². The second-order valence-electron chi connectivity index (χ2n) is 4.93. The first-order chi connectivity index (χ1) is 12.0. The zero-order chi connectivity index (χ0) is 19.4. The van der Waals surface area contributed by atoms with Crippen molar-refractivity contribution in [2.24, 2.45) is 0 Å². The van der Waals surface area contributed by atoms with Crippen LogP contribution in [0.15, 0.2) is 54.6 Å². The minimum Gasteiger partial charge on any atom is -0.478 e. The molecule has 0 atom stereocenters. The lowest BCUT2D eigenvalue weighted by atomic mass is 10.2. The second kappa shape index (κ2) is 7.42. The lowest BCUT2D eigenvalue weighted by molar-refractivity contribution is -0.274. The number of carboxylic acids is 1. The van der Waals surface area contributed by atoms with Crippen molar-refractivity contribution in [3.63, 3.8) is 0 Å². The van der Waals surface area contributed by atoms with E-state index in [1.54, 1.807) is 0 Å². The van der Waals surface area contributed by atoms with Gasteiger partial charge in [-0.3, -0.25) is 0 Å². The first kappa shape index (κ1) is 19.2. The van der Waals surface area contributed by atoms with Crippen LogP contribution in [0.2, 0.25) is 0 Å². The number of benzene rings is 2.